The lowest BCUT2D eigenvalue weighted by Crippen LogP contribution is -2.41. The van der Waals surface area contributed by atoms with Gasteiger partial charge in [0.25, 0.3) is 0 Å². The van der Waals surface area contributed by atoms with Gasteiger partial charge in [0.2, 0.25) is 10.0 Å². The molecule has 0 unspecified atom stereocenters. The SMILES string of the molecule is CCNC(=NCc1ccccc1NS(C)(=O)=O)N1CCC2(CCCCC2)C1. The molecule has 7 heteroatoms. The Bertz CT molecular complexity index is 770. The zero-order chi connectivity index (χ0) is 19.3. The Morgan fingerprint density at radius 2 is 1.93 bits per heavy atom. The van der Waals surface area contributed by atoms with Gasteiger partial charge in [0.1, 0.15) is 0 Å². The molecule has 0 amide bonds. The van der Waals surface area contributed by atoms with E-state index in [9.17, 15) is 8.42 Å². The van der Waals surface area contributed by atoms with Crippen LogP contribution in [0.5, 0.6) is 0 Å². The van der Waals surface area contributed by atoms with Crippen molar-refractivity contribution in [1.29, 1.82) is 0 Å². The number of benzene rings is 1. The van der Waals surface area contributed by atoms with Gasteiger partial charge in [-0.3, -0.25) is 4.72 Å². The summed E-state index contributed by atoms with van der Waals surface area (Å²) in [6.07, 6.45) is 9.18. The Balaban J connectivity index is 1.73. The van der Waals surface area contributed by atoms with E-state index >= 15 is 0 Å². The lowest BCUT2D eigenvalue weighted by atomic mass is 9.73. The summed E-state index contributed by atoms with van der Waals surface area (Å²) >= 11 is 0. The molecule has 1 aliphatic carbocycles. The van der Waals surface area contributed by atoms with Crippen LogP contribution in [-0.4, -0.2) is 45.2 Å². The number of hydrogen-bond acceptors (Lipinski definition) is 3. The number of sulfonamides is 1. The Hall–Kier alpha value is -1.76. The molecule has 1 aromatic rings. The van der Waals surface area contributed by atoms with Gasteiger partial charge >= 0.3 is 0 Å². The molecule has 2 aliphatic rings. The van der Waals surface area contributed by atoms with Gasteiger partial charge in [0, 0.05) is 19.6 Å². The zero-order valence-corrected chi connectivity index (χ0v) is 17.3. The van der Waals surface area contributed by atoms with Crippen molar-refractivity contribution >= 4 is 21.7 Å². The highest BCUT2D eigenvalue weighted by atomic mass is 32.2. The summed E-state index contributed by atoms with van der Waals surface area (Å²) in [5.74, 6) is 0.939. The molecule has 0 aromatic heterocycles. The third-order valence-electron chi connectivity index (χ3n) is 5.70. The maximum Gasteiger partial charge on any atom is 0.229 e. The fourth-order valence-electron chi connectivity index (χ4n) is 4.37. The second kappa shape index (κ2) is 8.50. The van der Waals surface area contributed by atoms with E-state index in [1.54, 1.807) is 6.07 Å². The number of anilines is 1. The third-order valence-corrected chi connectivity index (χ3v) is 6.29. The van der Waals surface area contributed by atoms with Crippen LogP contribution in [0.15, 0.2) is 29.3 Å². The van der Waals surface area contributed by atoms with Crippen molar-refractivity contribution < 1.29 is 8.42 Å². The Kier molecular flexibility index (Phi) is 6.29. The topological polar surface area (TPSA) is 73.8 Å². The minimum atomic E-state index is -3.31. The van der Waals surface area contributed by atoms with Crippen LogP contribution in [0.3, 0.4) is 0 Å². The molecular formula is C20H32N4O2S. The van der Waals surface area contributed by atoms with Gasteiger partial charge in [-0.1, -0.05) is 37.5 Å². The van der Waals surface area contributed by atoms with Crippen molar-refractivity contribution in [3.8, 4) is 0 Å². The smallest absolute Gasteiger partial charge is 0.229 e. The first-order valence-electron chi connectivity index (χ1n) is 10.00. The zero-order valence-electron chi connectivity index (χ0n) is 16.5. The van der Waals surface area contributed by atoms with E-state index in [-0.39, 0.29) is 0 Å². The van der Waals surface area contributed by atoms with Crippen LogP contribution in [0, 0.1) is 5.41 Å². The van der Waals surface area contributed by atoms with Gasteiger partial charge < -0.3 is 10.2 Å². The van der Waals surface area contributed by atoms with E-state index in [2.05, 4.69) is 21.9 Å². The largest absolute Gasteiger partial charge is 0.357 e. The molecular weight excluding hydrogens is 360 g/mol. The third kappa shape index (κ3) is 5.37. The molecule has 0 radical (unpaired) electrons. The molecule has 3 rings (SSSR count). The van der Waals surface area contributed by atoms with Gasteiger partial charge in [-0.2, -0.15) is 0 Å². The van der Waals surface area contributed by atoms with Gasteiger partial charge in [-0.05, 0) is 43.2 Å². The number of guanidine groups is 1. The summed E-state index contributed by atoms with van der Waals surface area (Å²) in [4.78, 5) is 7.22. The number of nitrogens with one attached hydrogen (secondary N) is 2. The molecule has 1 spiro atoms. The van der Waals surface area contributed by atoms with Gasteiger partial charge in [-0.25, -0.2) is 13.4 Å². The molecule has 1 aromatic carbocycles. The van der Waals surface area contributed by atoms with Crippen molar-refractivity contribution in [3.63, 3.8) is 0 Å². The lowest BCUT2D eigenvalue weighted by molar-refractivity contribution is 0.203. The number of hydrogen-bond donors (Lipinski definition) is 2. The monoisotopic (exact) mass is 392 g/mol. The summed E-state index contributed by atoms with van der Waals surface area (Å²) in [6.45, 7) is 5.49. The minimum Gasteiger partial charge on any atom is -0.357 e. The van der Waals surface area contributed by atoms with Crippen LogP contribution in [0.25, 0.3) is 0 Å². The van der Waals surface area contributed by atoms with Crippen LogP contribution in [0.2, 0.25) is 0 Å². The van der Waals surface area contributed by atoms with E-state index in [1.165, 1.54) is 44.8 Å². The molecule has 0 atom stereocenters. The molecule has 1 saturated heterocycles. The number of para-hydroxylation sites is 1. The maximum atomic E-state index is 11.6. The van der Waals surface area contributed by atoms with Crippen molar-refractivity contribution in [2.24, 2.45) is 10.4 Å². The summed E-state index contributed by atoms with van der Waals surface area (Å²) < 4.78 is 25.8. The average Bonchev–Trinajstić information content (AvgIpc) is 3.02. The minimum absolute atomic E-state index is 0.449. The fourth-order valence-corrected chi connectivity index (χ4v) is 4.97. The summed E-state index contributed by atoms with van der Waals surface area (Å²) in [7, 11) is -3.31. The molecule has 27 heavy (non-hydrogen) atoms. The number of nitrogens with zero attached hydrogens (tertiary/aromatic N) is 2. The molecule has 6 nitrogen and oxygen atoms in total. The number of likely N-dealkylation sites (tertiary alicyclic amines) is 1. The van der Waals surface area contributed by atoms with Crippen LogP contribution < -0.4 is 10.0 Å². The van der Waals surface area contributed by atoms with Gasteiger partial charge in [-0.15, -0.1) is 0 Å². The summed E-state index contributed by atoms with van der Waals surface area (Å²) in [6, 6.07) is 7.45. The van der Waals surface area contributed by atoms with E-state index in [0.29, 0.717) is 17.6 Å². The number of aliphatic imine (C=N–C) groups is 1. The molecule has 1 heterocycles. The molecule has 1 saturated carbocycles. The van der Waals surface area contributed by atoms with E-state index < -0.39 is 10.0 Å². The lowest BCUT2D eigenvalue weighted by Gasteiger charge is -2.33. The highest BCUT2D eigenvalue weighted by Gasteiger charge is 2.39. The molecule has 2 N–H and O–H groups in total. The fraction of sp³-hybridized carbons (Fsp3) is 0.650. The maximum absolute atomic E-state index is 11.6. The quantitative estimate of drug-likeness (QED) is 0.596. The Morgan fingerprint density at radius 1 is 1.19 bits per heavy atom. The van der Waals surface area contributed by atoms with Crippen LogP contribution in [0.1, 0.15) is 51.0 Å². The normalized spacial score (nSPS) is 20.1. The summed E-state index contributed by atoms with van der Waals surface area (Å²) in [5.41, 5.74) is 1.96. The molecule has 2 fully saturated rings. The molecule has 1 aliphatic heterocycles. The van der Waals surface area contributed by atoms with Gasteiger partial charge in [0.15, 0.2) is 5.96 Å². The second-order valence-electron chi connectivity index (χ2n) is 7.93. The Morgan fingerprint density at radius 3 is 2.63 bits per heavy atom. The average molecular weight is 393 g/mol. The first-order chi connectivity index (χ1) is 12.9. The van der Waals surface area contributed by atoms with E-state index in [0.717, 1.165) is 31.2 Å². The second-order valence-corrected chi connectivity index (χ2v) is 9.68. The molecule has 0 bridgehead atoms. The predicted molar refractivity (Wildman–Crippen MR) is 111 cm³/mol. The number of rotatable bonds is 5. The highest BCUT2D eigenvalue weighted by Crippen LogP contribution is 2.43. The van der Waals surface area contributed by atoms with Crippen molar-refractivity contribution in [3.05, 3.63) is 29.8 Å². The van der Waals surface area contributed by atoms with Crippen LogP contribution >= 0.6 is 0 Å². The molecule has 150 valence electrons. The van der Waals surface area contributed by atoms with E-state index in [1.807, 2.05) is 18.2 Å². The van der Waals surface area contributed by atoms with Crippen LogP contribution in [0.4, 0.5) is 5.69 Å². The standard InChI is InChI=1S/C20H32N4O2S/c1-3-21-19(24-14-13-20(16-24)11-7-4-8-12-20)22-15-17-9-5-6-10-18(17)23-27(2,25)26/h5-6,9-10,23H,3-4,7-8,11-16H2,1-2H3,(H,21,22). The predicted octanol–water partition coefficient (Wildman–Crippen LogP) is 3.18. The van der Waals surface area contributed by atoms with Gasteiger partial charge in [0.05, 0.1) is 18.5 Å². The first-order valence-corrected chi connectivity index (χ1v) is 11.9. The van der Waals surface area contributed by atoms with E-state index in [4.69, 9.17) is 4.99 Å². The first kappa shape index (κ1) is 20.0. The summed E-state index contributed by atoms with van der Waals surface area (Å²) in [5, 5.41) is 3.42. The van der Waals surface area contributed by atoms with Crippen LogP contribution in [-0.2, 0) is 16.6 Å². The Labute approximate surface area is 163 Å². The van der Waals surface area contributed by atoms with Crippen molar-refractivity contribution in [2.45, 2.75) is 52.0 Å². The van der Waals surface area contributed by atoms with Crippen molar-refractivity contribution in [2.75, 3.05) is 30.6 Å². The van der Waals surface area contributed by atoms with Crippen molar-refractivity contribution in [1.82, 2.24) is 10.2 Å². The highest BCUT2D eigenvalue weighted by molar-refractivity contribution is 7.92.